The van der Waals surface area contributed by atoms with Gasteiger partial charge >= 0.3 is 0 Å². The lowest BCUT2D eigenvalue weighted by Gasteiger charge is -2.01. The third kappa shape index (κ3) is 1.82. The van der Waals surface area contributed by atoms with Gasteiger partial charge in [0, 0.05) is 6.20 Å². The van der Waals surface area contributed by atoms with Crippen molar-refractivity contribution in [2.24, 2.45) is 0 Å². The Labute approximate surface area is 73.5 Å². The molecule has 1 rings (SSSR count). The van der Waals surface area contributed by atoms with Gasteiger partial charge < -0.3 is 0 Å². The van der Waals surface area contributed by atoms with Gasteiger partial charge in [0.25, 0.3) is 0 Å². The third-order valence-corrected chi connectivity index (χ3v) is 1.90. The van der Waals surface area contributed by atoms with Crippen LogP contribution in [0.15, 0.2) is 31.0 Å². The van der Waals surface area contributed by atoms with E-state index in [-0.39, 0.29) is 0 Å². The lowest BCUT2D eigenvalue weighted by molar-refractivity contribution is 1.19. The summed E-state index contributed by atoms with van der Waals surface area (Å²) in [6.45, 7) is 7.77. The van der Waals surface area contributed by atoms with Crippen LogP contribution in [0.3, 0.4) is 0 Å². The van der Waals surface area contributed by atoms with Gasteiger partial charge in [-0.05, 0) is 37.1 Å². The normalized spacial score (nSPS) is 10.5. The van der Waals surface area contributed by atoms with Gasteiger partial charge in [-0.2, -0.15) is 0 Å². The van der Waals surface area contributed by atoms with Crippen molar-refractivity contribution in [3.05, 3.63) is 47.8 Å². The van der Waals surface area contributed by atoms with Crippen molar-refractivity contribution < 1.29 is 0 Å². The van der Waals surface area contributed by atoms with E-state index in [1.165, 1.54) is 11.1 Å². The molecule has 62 valence electrons. The maximum atomic E-state index is 4.24. The first kappa shape index (κ1) is 8.72. The largest absolute Gasteiger partial charge is 0.257 e. The highest BCUT2D eigenvalue weighted by molar-refractivity contribution is 5.52. The maximum Gasteiger partial charge on any atom is 0.0661 e. The summed E-state index contributed by atoms with van der Waals surface area (Å²) in [5.74, 6) is 0. The molecular formula is C11H13N. The van der Waals surface area contributed by atoms with Gasteiger partial charge in [0.2, 0.25) is 0 Å². The summed E-state index contributed by atoms with van der Waals surface area (Å²) in [7, 11) is 0. The number of allylic oxidation sites excluding steroid dienone is 2. The van der Waals surface area contributed by atoms with Crippen LogP contribution >= 0.6 is 0 Å². The van der Waals surface area contributed by atoms with Crippen molar-refractivity contribution in [3.63, 3.8) is 0 Å². The minimum absolute atomic E-state index is 1.02. The summed E-state index contributed by atoms with van der Waals surface area (Å²) < 4.78 is 0. The van der Waals surface area contributed by atoms with E-state index in [0.29, 0.717) is 0 Å². The number of hydrogen-bond donors (Lipinski definition) is 0. The lowest BCUT2D eigenvalue weighted by atomic mass is 10.1. The molecule has 0 aliphatic heterocycles. The van der Waals surface area contributed by atoms with Crippen LogP contribution in [0, 0.1) is 13.8 Å². The highest BCUT2D eigenvalue weighted by Crippen LogP contribution is 2.10. The second-order valence-electron chi connectivity index (χ2n) is 2.73. The van der Waals surface area contributed by atoms with Gasteiger partial charge in [0.05, 0.1) is 5.69 Å². The summed E-state index contributed by atoms with van der Waals surface area (Å²) in [4.78, 5) is 4.24. The zero-order valence-electron chi connectivity index (χ0n) is 7.54. The van der Waals surface area contributed by atoms with Crippen LogP contribution in [0.25, 0.3) is 6.08 Å². The molecule has 1 nitrogen and oxygen atoms in total. The van der Waals surface area contributed by atoms with Gasteiger partial charge in [0.15, 0.2) is 0 Å². The Bertz CT molecular complexity index is 311. The van der Waals surface area contributed by atoms with Crippen molar-refractivity contribution in [2.75, 3.05) is 0 Å². The topological polar surface area (TPSA) is 12.9 Å². The fraction of sp³-hybridized carbons (Fsp3) is 0.182. The van der Waals surface area contributed by atoms with E-state index in [1.54, 1.807) is 6.08 Å². The minimum atomic E-state index is 1.02. The fourth-order valence-electron chi connectivity index (χ4n) is 0.980. The predicted molar refractivity (Wildman–Crippen MR) is 52.9 cm³/mol. The number of aryl methyl sites for hydroxylation is 1. The molecule has 0 saturated heterocycles. The second kappa shape index (κ2) is 3.86. The minimum Gasteiger partial charge on any atom is -0.257 e. The standard InChI is InChI=1S/C11H13N/c1-4-5-6-11-10(3)9(2)7-8-12-11/h4-8H,1H2,2-3H3. The van der Waals surface area contributed by atoms with E-state index in [4.69, 9.17) is 0 Å². The monoisotopic (exact) mass is 159 g/mol. The fourth-order valence-corrected chi connectivity index (χ4v) is 0.980. The van der Waals surface area contributed by atoms with Crippen LogP contribution in [0.1, 0.15) is 16.8 Å². The lowest BCUT2D eigenvalue weighted by Crippen LogP contribution is -1.88. The summed E-state index contributed by atoms with van der Waals surface area (Å²) >= 11 is 0. The Morgan fingerprint density at radius 3 is 2.83 bits per heavy atom. The summed E-state index contributed by atoms with van der Waals surface area (Å²) in [6.07, 6.45) is 7.44. The molecule has 0 aliphatic rings. The molecule has 0 unspecified atom stereocenters. The first-order chi connectivity index (χ1) is 5.75. The molecule has 0 aromatic carbocycles. The molecule has 0 radical (unpaired) electrons. The zero-order valence-corrected chi connectivity index (χ0v) is 7.54. The van der Waals surface area contributed by atoms with Crippen LogP contribution in [0.4, 0.5) is 0 Å². The van der Waals surface area contributed by atoms with E-state index in [9.17, 15) is 0 Å². The summed E-state index contributed by atoms with van der Waals surface area (Å²) in [5.41, 5.74) is 3.53. The second-order valence-corrected chi connectivity index (χ2v) is 2.73. The van der Waals surface area contributed by atoms with E-state index in [2.05, 4.69) is 25.4 Å². The van der Waals surface area contributed by atoms with Gasteiger partial charge in [0.1, 0.15) is 0 Å². The molecule has 0 spiro atoms. The Morgan fingerprint density at radius 1 is 1.42 bits per heavy atom. The Morgan fingerprint density at radius 2 is 2.17 bits per heavy atom. The van der Waals surface area contributed by atoms with E-state index in [0.717, 1.165) is 5.69 Å². The smallest absolute Gasteiger partial charge is 0.0661 e. The number of rotatable bonds is 2. The average molecular weight is 159 g/mol. The number of nitrogens with zero attached hydrogens (tertiary/aromatic N) is 1. The quantitative estimate of drug-likeness (QED) is 0.604. The number of pyridine rings is 1. The van der Waals surface area contributed by atoms with Crippen molar-refractivity contribution in [3.8, 4) is 0 Å². The first-order valence-electron chi connectivity index (χ1n) is 3.97. The van der Waals surface area contributed by atoms with E-state index >= 15 is 0 Å². The molecule has 0 N–H and O–H groups in total. The van der Waals surface area contributed by atoms with Crippen molar-refractivity contribution in [1.82, 2.24) is 4.98 Å². The number of hydrogen-bond acceptors (Lipinski definition) is 1. The molecule has 12 heavy (non-hydrogen) atoms. The molecule has 1 aromatic heterocycles. The van der Waals surface area contributed by atoms with Crippen molar-refractivity contribution in [1.29, 1.82) is 0 Å². The number of aromatic nitrogens is 1. The van der Waals surface area contributed by atoms with Crippen LogP contribution in [0.5, 0.6) is 0 Å². The van der Waals surface area contributed by atoms with Gasteiger partial charge in [-0.25, -0.2) is 0 Å². The van der Waals surface area contributed by atoms with Crippen molar-refractivity contribution in [2.45, 2.75) is 13.8 Å². The predicted octanol–water partition coefficient (Wildman–Crippen LogP) is 2.90. The molecule has 0 fully saturated rings. The molecule has 1 heteroatoms. The Balaban J connectivity index is 3.07. The highest BCUT2D eigenvalue weighted by Gasteiger charge is 1.96. The van der Waals surface area contributed by atoms with Gasteiger partial charge in [-0.3, -0.25) is 4.98 Å². The SMILES string of the molecule is C=CC=Cc1nccc(C)c1C. The maximum absolute atomic E-state index is 4.24. The molecule has 0 bridgehead atoms. The molecule has 1 aromatic rings. The van der Waals surface area contributed by atoms with Crippen LogP contribution in [-0.2, 0) is 0 Å². The first-order valence-corrected chi connectivity index (χ1v) is 3.97. The molecule has 0 saturated carbocycles. The van der Waals surface area contributed by atoms with Crippen LogP contribution in [-0.4, -0.2) is 4.98 Å². The molecule has 0 aliphatic carbocycles. The summed E-state index contributed by atoms with van der Waals surface area (Å²) in [5, 5.41) is 0. The Hall–Kier alpha value is -1.37. The third-order valence-electron chi connectivity index (χ3n) is 1.90. The Kier molecular flexibility index (Phi) is 2.81. The van der Waals surface area contributed by atoms with Gasteiger partial charge in [-0.15, -0.1) is 0 Å². The van der Waals surface area contributed by atoms with Crippen LogP contribution < -0.4 is 0 Å². The van der Waals surface area contributed by atoms with Crippen molar-refractivity contribution >= 4 is 6.08 Å². The van der Waals surface area contributed by atoms with Gasteiger partial charge in [-0.1, -0.05) is 18.7 Å². The average Bonchev–Trinajstić information content (AvgIpc) is 2.08. The summed E-state index contributed by atoms with van der Waals surface area (Å²) in [6, 6.07) is 2.01. The molecule has 1 heterocycles. The van der Waals surface area contributed by atoms with E-state index < -0.39 is 0 Å². The molecule has 0 atom stereocenters. The zero-order chi connectivity index (χ0) is 8.97. The highest BCUT2D eigenvalue weighted by atomic mass is 14.7. The molecule has 0 amide bonds. The molecular weight excluding hydrogens is 146 g/mol. The van der Waals surface area contributed by atoms with E-state index in [1.807, 2.05) is 24.4 Å². The van der Waals surface area contributed by atoms with Crippen LogP contribution in [0.2, 0.25) is 0 Å².